The van der Waals surface area contributed by atoms with E-state index in [4.69, 9.17) is 5.73 Å². The third-order valence-corrected chi connectivity index (χ3v) is 4.92. The topological polar surface area (TPSA) is 26.0 Å². The van der Waals surface area contributed by atoms with Gasteiger partial charge in [-0.25, -0.2) is 0 Å². The van der Waals surface area contributed by atoms with Gasteiger partial charge in [-0.1, -0.05) is 52.7 Å². The zero-order chi connectivity index (χ0) is 13.5. The van der Waals surface area contributed by atoms with Gasteiger partial charge in [0.25, 0.3) is 0 Å². The van der Waals surface area contributed by atoms with Crippen molar-refractivity contribution < 1.29 is 0 Å². The van der Waals surface area contributed by atoms with E-state index in [9.17, 15) is 0 Å². The Bertz CT molecular complexity index is 267. The van der Waals surface area contributed by atoms with Crippen LogP contribution in [-0.4, -0.2) is 0 Å². The Morgan fingerprint density at radius 2 is 1.67 bits per heavy atom. The molecule has 0 unspecified atom stereocenters. The minimum Gasteiger partial charge on any atom is -0.399 e. The maximum absolute atomic E-state index is 5.66. The normalized spacial score (nSPS) is 24.2. The van der Waals surface area contributed by atoms with Crippen LogP contribution in [0.3, 0.4) is 0 Å². The first-order valence-corrected chi connectivity index (χ1v) is 7.70. The summed E-state index contributed by atoms with van der Waals surface area (Å²) in [5.41, 5.74) is 7.36. The first kappa shape index (κ1) is 15.3. The summed E-state index contributed by atoms with van der Waals surface area (Å²) >= 11 is 0. The number of hydrogen-bond acceptors (Lipinski definition) is 1. The summed E-state index contributed by atoms with van der Waals surface area (Å²) in [7, 11) is 0. The molecule has 0 heterocycles. The molecule has 2 N–H and O–H groups in total. The maximum Gasteiger partial charge on any atom is 0.0267 e. The van der Waals surface area contributed by atoms with Gasteiger partial charge in [0.15, 0.2) is 0 Å². The fourth-order valence-corrected chi connectivity index (χ4v) is 3.44. The van der Waals surface area contributed by atoms with Crippen molar-refractivity contribution in [3.8, 4) is 0 Å². The van der Waals surface area contributed by atoms with Crippen LogP contribution < -0.4 is 5.73 Å². The standard InChI is InChI=1S/C17H31N/c1-5-16(6-2)17-11-9-15(10-12-17)8-7-13(3)14(4)18/h15-17H,3-12,18H2,1-2H3. The molecular formula is C17H31N. The average molecular weight is 249 g/mol. The molecule has 0 aromatic rings. The molecule has 1 heteroatoms. The van der Waals surface area contributed by atoms with Crippen molar-refractivity contribution >= 4 is 0 Å². The lowest BCUT2D eigenvalue weighted by Crippen LogP contribution is -2.21. The van der Waals surface area contributed by atoms with E-state index in [1.807, 2.05) is 0 Å². The van der Waals surface area contributed by atoms with Crippen LogP contribution in [0.2, 0.25) is 0 Å². The van der Waals surface area contributed by atoms with Crippen molar-refractivity contribution in [2.45, 2.75) is 65.2 Å². The molecule has 0 radical (unpaired) electrons. The van der Waals surface area contributed by atoms with Crippen LogP contribution >= 0.6 is 0 Å². The molecule has 0 aromatic heterocycles. The zero-order valence-electron chi connectivity index (χ0n) is 12.4. The highest BCUT2D eigenvalue weighted by Crippen LogP contribution is 2.38. The van der Waals surface area contributed by atoms with E-state index in [0.717, 1.165) is 29.7 Å². The van der Waals surface area contributed by atoms with E-state index in [1.165, 1.54) is 44.9 Å². The van der Waals surface area contributed by atoms with Gasteiger partial charge in [-0.2, -0.15) is 0 Å². The van der Waals surface area contributed by atoms with Gasteiger partial charge in [0.05, 0.1) is 0 Å². The van der Waals surface area contributed by atoms with Gasteiger partial charge in [0, 0.05) is 5.70 Å². The van der Waals surface area contributed by atoms with Gasteiger partial charge in [-0.05, 0) is 49.0 Å². The molecule has 0 atom stereocenters. The molecule has 104 valence electrons. The minimum atomic E-state index is 0.667. The predicted molar refractivity (Wildman–Crippen MR) is 81.2 cm³/mol. The lowest BCUT2D eigenvalue weighted by molar-refractivity contribution is 0.190. The number of nitrogens with two attached hydrogens (primary N) is 1. The van der Waals surface area contributed by atoms with Gasteiger partial charge in [0.2, 0.25) is 0 Å². The second-order valence-electron chi connectivity index (χ2n) is 6.02. The molecule has 0 aliphatic heterocycles. The molecule has 0 saturated heterocycles. The van der Waals surface area contributed by atoms with Crippen LogP contribution in [-0.2, 0) is 0 Å². The molecule has 0 amide bonds. The summed E-state index contributed by atoms with van der Waals surface area (Å²) in [4.78, 5) is 0. The first-order valence-electron chi connectivity index (χ1n) is 7.70. The third kappa shape index (κ3) is 4.51. The van der Waals surface area contributed by atoms with Crippen LogP contribution in [0.1, 0.15) is 65.2 Å². The summed E-state index contributed by atoms with van der Waals surface area (Å²) in [5.74, 6) is 2.85. The van der Waals surface area contributed by atoms with Gasteiger partial charge in [0.1, 0.15) is 0 Å². The smallest absolute Gasteiger partial charge is 0.0267 e. The lowest BCUT2D eigenvalue weighted by Gasteiger charge is -2.33. The second kappa shape index (κ2) is 7.66. The summed E-state index contributed by atoms with van der Waals surface area (Å²) in [6.45, 7) is 12.4. The molecule has 0 aromatic carbocycles. The molecule has 1 fully saturated rings. The molecule has 1 nitrogen and oxygen atoms in total. The van der Waals surface area contributed by atoms with Crippen molar-refractivity contribution in [3.63, 3.8) is 0 Å². The van der Waals surface area contributed by atoms with Crippen molar-refractivity contribution in [3.05, 3.63) is 24.4 Å². The van der Waals surface area contributed by atoms with Gasteiger partial charge < -0.3 is 5.73 Å². The molecule has 1 saturated carbocycles. The van der Waals surface area contributed by atoms with Crippen molar-refractivity contribution in [2.75, 3.05) is 0 Å². The Balaban J connectivity index is 2.27. The van der Waals surface area contributed by atoms with E-state index in [0.29, 0.717) is 5.70 Å². The quantitative estimate of drug-likeness (QED) is 0.629. The summed E-state index contributed by atoms with van der Waals surface area (Å²) in [6.07, 6.45) is 10.7. The van der Waals surface area contributed by atoms with Gasteiger partial charge >= 0.3 is 0 Å². The molecule has 1 aliphatic carbocycles. The fourth-order valence-electron chi connectivity index (χ4n) is 3.44. The van der Waals surface area contributed by atoms with Crippen molar-refractivity contribution in [1.29, 1.82) is 0 Å². The van der Waals surface area contributed by atoms with Crippen LogP contribution in [0.25, 0.3) is 0 Å². The van der Waals surface area contributed by atoms with Crippen LogP contribution in [0.15, 0.2) is 24.4 Å². The Morgan fingerprint density at radius 1 is 1.11 bits per heavy atom. The maximum atomic E-state index is 5.66. The fraction of sp³-hybridized carbons (Fsp3) is 0.765. The van der Waals surface area contributed by atoms with E-state index >= 15 is 0 Å². The Morgan fingerprint density at radius 3 is 2.11 bits per heavy atom. The molecule has 1 aliphatic rings. The Hall–Kier alpha value is -0.720. The first-order chi connectivity index (χ1) is 8.58. The molecule has 18 heavy (non-hydrogen) atoms. The summed E-state index contributed by atoms with van der Waals surface area (Å²) in [6, 6.07) is 0. The van der Waals surface area contributed by atoms with E-state index in [2.05, 4.69) is 27.0 Å². The van der Waals surface area contributed by atoms with Gasteiger partial charge in [-0.15, -0.1) is 0 Å². The number of hydrogen-bond donors (Lipinski definition) is 1. The zero-order valence-corrected chi connectivity index (χ0v) is 12.4. The summed E-state index contributed by atoms with van der Waals surface area (Å²) < 4.78 is 0. The average Bonchev–Trinajstić information content (AvgIpc) is 2.38. The number of allylic oxidation sites excluding steroid dienone is 1. The highest BCUT2D eigenvalue weighted by Gasteiger charge is 2.25. The minimum absolute atomic E-state index is 0.667. The number of rotatable bonds is 7. The largest absolute Gasteiger partial charge is 0.399 e. The van der Waals surface area contributed by atoms with Crippen LogP contribution in [0.4, 0.5) is 0 Å². The van der Waals surface area contributed by atoms with E-state index in [1.54, 1.807) is 0 Å². The highest BCUT2D eigenvalue weighted by atomic mass is 14.6. The van der Waals surface area contributed by atoms with Crippen LogP contribution in [0.5, 0.6) is 0 Å². The monoisotopic (exact) mass is 249 g/mol. The van der Waals surface area contributed by atoms with E-state index < -0.39 is 0 Å². The highest BCUT2D eigenvalue weighted by molar-refractivity contribution is 5.21. The van der Waals surface area contributed by atoms with Crippen molar-refractivity contribution in [2.24, 2.45) is 23.5 Å². The van der Waals surface area contributed by atoms with Crippen LogP contribution in [0, 0.1) is 17.8 Å². The molecule has 0 bridgehead atoms. The Kier molecular flexibility index (Phi) is 6.52. The molecular weight excluding hydrogens is 218 g/mol. The van der Waals surface area contributed by atoms with Crippen molar-refractivity contribution in [1.82, 2.24) is 0 Å². The van der Waals surface area contributed by atoms with E-state index in [-0.39, 0.29) is 0 Å². The molecule has 1 rings (SSSR count). The SMILES string of the molecule is C=C(N)C(=C)CCC1CCC(C(CC)CC)CC1. The lowest BCUT2D eigenvalue weighted by atomic mass is 9.73. The third-order valence-electron chi connectivity index (χ3n) is 4.92. The van der Waals surface area contributed by atoms with Gasteiger partial charge in [-0.3, -0.25) is 0 Å². The summed E-state index contributed by atoms with van der Waals surface area (Å²) in [5, 5.41) is 0. The Labute approximate surface area is 114 Å². The molecule has 0 spiro atoms. The predicted octanol–water partition coefficient (Wildman–Crippen LogP) is 5.04. The second-order valence-corrected chi connectivity index (χ2v) is 6.02.